The molecule has 5 heteroatoms. The number of rotatable bonds is 5. The Kier molecular flexibility index (Phi) is 5.09. The fourth-order valence-corrected chi connectivity index (χ4v) is 3.94. The Morgan fingerprint density at radius 3 is 2.86 bits per heavy atom. The Hall–Kier alpha value is -2.79. The third-order valence-electron chi connectivity index (χ3n) is 5.22. The van der Waals surface area contributed by atoms with E-state index < -0.39 is 0 Å². The molecule has 3 aromatic rings. The molecule has 0 fully saturated rings. The van der Waals surface area contributed by atoms with E-state index in [2.05, 4.69) is 30.0 Å². The minimum Gasteiger partial charge on any atom is -0.497 e. The monoisotopic (exact) mass is 379 g/mol. The van der Waals surface area contributed by atoms with Gasteiger partial charge < -0.3 is 13.9 Å². The highest BCUT2D eigenvalue weighted by atomic mass is 16.5. The standard InChI is InChI=1S/C23H25NO4/c1-4-6-17-11-21(25)28-23-15(2)22-18(10-20(17)23)13-24(14-27-22)12-16-7-5-8-19(9-16)26-3/h5,7-11H,4,6,12-14H2,1-3H3. The number of ether oxygens (including phenoxy) is 2. The van der Waals surface area contributed by atoms with E-state index in [1.807, 2.05) is 19.1 Å². The van der Waals surface area contributed by atoms with Gasteiger partial charge in [0, 0.05) is 35.7 Å². The van der Waals surface area contributed by atoms with Crippen molar-refractivity contribution in [3.63, 3.8) is 0 Å². The summed E-state index contributed by atoms with van der Waals surface area (Å²) in [4.78, 5) is 14.2. The van der Waals surface area contributed by atoms with E-state index in [-0.39, 0.29) is 5.63 Å². The van der Waals surface area contributed by atoms with Crippen LogP contribution in [0.3, 0.4) is 0 Å². The first kappa shape index (κ1) is 18.6. The summed E-state index contributed by atoms with van der Waals surface area (Å²) in [6.45, 7) is 6.14. The van der Waals surface area contributed by atoms with Gasteiger partial charge in [0.1, 0.15) is 23.8 Å². The lowest BCUT2D eigenvalue weighted by molar-refractivity contribution is 0.0880. The fraction of sp³-hybridized carbons (Fsp3) is 0.348. The van der Waals surface area contributed by atoms with E-state index in [0.717, 1.165) is 59.5 Å². The van der Waals surface area contributed by atoms with Crippen molar-refractivity contribution in [1.82, 2.24) is 4.90 Å². The first-order valence-corrected chi connectivity index (χ1v) is 9.66. The van der Waals surface area contributed by atoms with Crippen molar-refractivity contribution in [2.24, 2.45) is 0 Å². The molecule has 5 nitrogen and oxygen atoms in total. The van der Waals surface area contributed by atoms with Gasteiger partial charge in [0.25, 0.3) is 0 Å². The number of aryl methyl sites for hydroxylation is 2. The van der Waals surface area contributed by atoms with Gasteiger partial charge in [-0.1, -0.05) is 25.5 Å². The Labute approximate surface area is 164 Å². The van der Waals surface area contributed by atoms with Gasteiger partial charge in [0.2, 0.25) is 0 Å². The van der Waals surface area contributed by atoms with Crippen molar-refractivity contribution in [1.29, 1.82) is 0 Å². The third-order valence-corrected chi connectivity index (χ3v) is 5.22. The van der Waals surface area contributed by atoms with Crippen LogP contribution in [0.1, 0.15) is 35.6 Å². The summed E-state index contributed by atoms with van der Waals surface area (Å²) in [7, 11) is 1.68. The minimum atomic E-state index is -0.297. The van der Waals surface area contributed by atoms with Gasteiger partial charge in [-0.3, -0.25) is 4.90 Å². The lowest BCUT2D eigenvalue weighted by Gasteiger charge is -2.30. The van der Waals surface area contributed by atoms with Crippen LogP contribution in [0.15, 0.2) is 45.6 Å². The van der Waals surface area contributed by atoms with Gasteiger partial charge in [-0.2, -0.15) is 0 Å². The zero-order chi connectivity index (χ0) is 19.7. The Bertz CT molecular complexity index is 1070. The number of hydrogen-bond donors (Lipinski definition) is 0. The van der Waals surface area contributed by atoms with E-state index >= 15 is 0 Å². The minimum absolute atomic E-state index is 0.297. The number of nitrogens with zero attached hydrogens (tertiary/aromatic N) is 1. The zero-order valence-electron chi connectivity index (χ0n) is 16.6. The number of methoxy groups -OCH3 is 1. The Morgan fingerprint density at radius 2 is 2.07 bits per heavy atom. The molecule has 0 bridgehead atoms. The molecule has 1 aliphatic rings. The lowest BCUT2D eigenvalue weighted by atomic mass is 9.98. The lowest BCUT2D eigenvalue weighted by Crippen LogP contribution is -2.32. The highest BCUT2D eigenvalue weighted by molar-refractivity contribution is 5.86. The van der Waals surface area contributed by atoms with Crippen molar-refractivity contribution in [2.45, 2.75) is 39.8 Å². The van der Waals surface area contributed by atoms with Crippen LogP contribution in [0.25, 0.3) is 11.0 Å². The van der Waals surface area contributed by atoms with Crippen molar-refractivity contribution in [3.05, 3.63) is 69.1 Å². The second-order valence-corrected chi connectivity index (χ2v) is 7.32. The molecule has 0 amide bonds. The maximum Gasteiger partial charge on any atom is 0.336 e. The molecule has 0 atom stereocenters. The summed E-state index contributed by atoms with van der Waals surface area (Å²) in [5.41, 5.74) is 4.62. The quantitative estimate of drug-likeness (QED) is 0.615. The fourth-order valence-electron chi connectivity index (χ4n) is 3.94. The normalized spacial score (nSPS) is 14.0. The van der Waals surface area contributed by atoms with Crippen molar-refractivity contribution in [3.8, 4) is 11.5 Å². The van der Waals surface area contributed by atoms with Crippen LogP contribution in [-0.2, 0) is 19.5 Å². The number of benzene rings is 2. The second-order valence-electron chi connectivity index (χ2n) is 7.32. The van der Waals surface area contributed by atoms with Gasteiger partial charge >= 0.3 is 5.63 Å². The molecule has 2 aromatic carbocycles. The Balaban J connectivity index is 1.68. The summed E-state index contributed by atoms with van der Waals surface area (Å²) >= 11 is 0. The molecular weight excluding hydrogens is 354 g/mol. The van der Waals surface area contributed by atoms with Gasteiger partial charge in [-0.05, 0) is 42.7 Å². The first-order chi connectivity index (χ1) is 13.6. The summed E-state index contributed by atoms with van der Waals surface area (Å²) in [5, 5.41) is 1.02. The van der Waals surface area contributed by atoms with Gasteiger partial charge in [-0.25, -0.2) is 4.79 Å². The molecule has 28 heavy (non-hydrogen) atoms. The predicted octanol–water partition coefficient (Wildman–Crippen LogP) is 4.41. The molecule has 1 aliphatic heterocycles. The van der Waals surface area contributed by atoms with Gasteiger partial charge in [-0.15, -0.1) is 0 Å². The van der Waals surface area contributed by atoms with E-state index in [4.69, 9.17) is 13.9 Å². The smallest absolute Gasteiger partial charge is 0.336 e. The zero-order valence-corrected chi connectivity index (χ0v) is 16.6. The molecule has 0 aliphatic carbocycles. The Morgan fingerprint density at radius 1 is 1.21 bits per heavy atom. The van der Waals surface area contributed by atoms with E-state index in [0.29, 0.717) is 12.3 Å². The van der Waals surface area contributed by atoms with Crippen LogP contribution in [0.2, 0.25) is 0 Å². The van der Waals surface area contributed by atoms with Crippen LogP contribution in [0.4, 0.5) is 0 Å². The van der Waals surface area contributed by atoms with Crippen molar-refractivity contribution < 1.29 is 13.9 Å². The molecule has 1 aromatic heterocycles. The van der Waals surface area contributed by atoms with Crippen LogP contribution in [0, 0.1) is 6.92 Å². The molecule has 0 spiro atoms. The molecule has 0 radical (unpaired) electrons. The van der Waals surface area contributed by atoms with Crippen LogP contribution in [0.5, 0.6) is 11.5 Å². The molecule has 146 valence electrons. The summed E-state index contributed by atoms with van der Waals surface area (Å²) < 4.78 is 16.9. The maximum absolute atomic E-state index is 12.0. The molecule has 2 heterocycles. The highest BCUT2D eigenvalue weighted by Crippen LogP contribution is 2.36. The third kappa shape index (κ3) is 3.50. The SMILES string of the molecule is CCCc1cc(=O)oc2c(C)c3c(cc12)CN(Cc1cccc(OC)c1)CO3. The molecule has 0 saturated heterocycles. The first-order valence-electron chi connectivity index (χ1n) is 9.66. The van der Waals surface area contributed by atoms with Crippen LogP contribution in [-0.4, -0.2) is 18.7 Å². The predicted molar refractivity (Wildman–Crippen MR) is 109 cm³/mol. The van der Waals surface area contributed by atoms with E-state index in [1.54, 1.807) is 13.2 Å². The largest absolute Gasteiger partial charge is 0.497 e. The number of fused-ring (bicyclic) bond motifs is 2. The summed E-state index contributed by atoms with van der Waals surface area (Å²) in [6.07, 6.45) is 1.84. The van der Waals surface area contributed by atoms with Gasteiger partial charge in [0.05, 0.1) is 7.11 Å². The van der Waals surface area contributed by atoms with Crippen molar-refractivity contribution >= 4 is 11.0 Å². The molecule has 0 unspecified atom stereocenters. The topological polar surface area (TPSA) is 51.9 Å². The number of hydrogen-bond acceptors (Lipinski definition) is 5. The molecule has 0 saturated carbocycles. The van der Waals surface area contributed by atoms with Crippen LogP contribution >= 0.6 is 0 Å². The highest BCUT2D eigenvalue weighted by Gasteiger charge is 2.23. The molecule has 0 N–H and O–H groups in total. The average molecular weight is 379 g/mol. The van der Waals surface area contributed by atoms with Crippen LogP contribution < -0.4 is 15.1 Å². The molecular formula is C23H25NO4. The molecule has 4 rings (SSSR count). The second kappa shape index (κ2) is 7.68. The maximum atomic E-state index is 12.0. The summed E-state index contributed by atoms with van der Waals surface area (Å²) in [5.74, 6) is 1.70. The van der Waals surface area contributed by atoms with E-state index in [1.165, 1.54) is 5.56 Å². The van der Waals surface area contributed by atoms with Gasteiger partial charge in [0.15, 0.2) is 0 Å². The average Bonchev–Trinajstić information content (AvgIpc) is 2.69. The van der Waals surface area contributed by atoms with E-state index in [9.17, 15) is 4.79 Å². The van der Waals surface area contributed by atoms with Crippen molar-refractivity contribution in [2.75, 3.05) is 13.8 Å². The summed E-state index contributed by atoms with van der Waals surface area (Å²) in [6, 6.07) is 11.8.